The molecule has 1 aliphatic heterocycles. The number of carbonyl (C=O) groups is 1. The largest absolute Gasteiger partial charge is 0.342 e. The van der Waals surface area contributed by atoms with E-state index in [4.69, 9.17) is 4.99 Å². The Balaban J connectivity index is 1.39. The highest BCUT2D eigenvalue weighted by Crippen LogP contribution is 2.40. The Bertz CT molecular complexity index is 1520. The van der Waals surface area contributed by atoms with Crippen LogP contribution in [-0.2, 0) is 11.3 Å². The second-order valence-corrected chi connectivity index (χ2v) is 12.1. The van der Waals surface area contributed by atoms with Crippen molar-refractivity contribution in [2.75, 3.05) is 0 Å². The molecule has 4 aromatic rings. The van der Waals surface area contributed by atoms with Gasteiger partial charge in [0.15, 0.2) is 5.17 Å². The van der Waals surface area contributed by atoms with Gasteiger partial charge in [0.25, 0.3) is 5.91 Å². The molecule has 1 aliphatic carbocycles. The number of fused-ring (bicyclic) bond motifs is 1. The Morgan fingerprint density at radius 3 is 2.50 bits per heavy atom. The Kier molecular flexibility index (Phi) is 7.26. The highest BCUT2D eigenvalue weighted by atomic mass is 79.9. The van der Waals surface area contributed by atoms with Crippen molar-refractivity contribution in [2.45, 2.75) is 45.2 Å². The Morgan fingerprint density at radius 1 is 0.974 bits per heavy atom. The molecule has 0 N–H and O–H groups in total. The predicted octanol–water partition coefficient (Wildman–Crippen LogP) is 8.63. The van der Waals surface area contributed by atoms with Gasteiger partial charge in [0, 0.05) is 39.7 Å². The molecule has 6 heteroatoms. The minimum Gasteiger partial charge on any atom is -0.342 e. The molecule has 1 saturated heterocycles. The number of hydrogen-bond donors (Lipinski definition) is 0. The molecular weight excluding hydrogens is 554 g/mol. The van der Waals surface area contributed by atoms with Crippen molar-refractivity contribution in [1.82, 2.24) is 9.47 Å². The number of halogens is 1. The van der Waals surface area contributed by atoms with Crippen LogP contribution in [0.15, 0.2) is 99.4 Å². The lowest BCUT2D eigenvalue weighted by atomic mass is 9.85. The molecule has 2 atom stereocenters. The van der Waals surface area contributed by atoms with Gasteiger partial charge >= 0.3 is 0 Å². The molecule has 0 unspecified atom stereocenters. The molecule has 0 radical (unpaired) electrons. The van der Waals surface area contributed by atoms with Crippen LogP contribution in [0.2, 0.25) is 0 Å². The summed E-state index contributed by atoms with van der Waals surface area (Å²) < 4.78 is 3.35. The molecule has 1 amide bonds. The summed E-state index contributed by atoms with van der Waals surface area (Å²) in [5, 5.41) is 1.95. The Labute approximate surface area is 236 Å². The molecule has 0 bridgehead atoms. The third-order valence-electron chi connectivity index (χ3n) is 7.59. The van der Waals surface area contributed by atoms with Crippen LogP contribution in [-0.4, -0.2) is 26.6 Å². The van der Waals surface area contributed by atoms with Gasteiger partial charge in [-0.3, -0.25) is 9.69 Å². The zero-order valence-electron chi connectivity index (χ0n) is 21.4. The van der Waals surface area contributed by atoms with Gasteiger partial charge < -0.3 is 4.57 Å². The van der Waals surface area contributed by atoms with Crippen LogP contribution >= 0.6 is 27.7 Å². The SMILES string of the molecule is C[C@H]1CCCC[C@@H]1N1C(=O)/C(=C/c2cn(Cc3ccc(Br)cc3)c3ccccc23)SC1=Nc1ccccc1. The number of hydrogen-bond acceptors (Lipinski definition) is 3. The maximum Gasteiger partial charge on any atom is 0.267 e. The Morgan fingerprint density at radius 2 is 1.71 bits per heavy atom. The number of rotatable bonds is 5. The number of benzene rings is 3. The van der Waals surface area contributed by atoms with Crippen LogP contribution in [0.4, 0.5) is 5.69 Å². The number of para-hydroxylation sites is 2. The van der Waals surface area contributed by atoms with Gasteiger partial charge in [-0.2, -0.15) is 0 Å². The van der Waals surface area contributed by atoms with Crippen LogP contribution in [0.25, 0.3) is 17.0 Å². The van der Waals surface area contributed by atoms with E-state index in [1.165, 1.54) is 23.7 Å². The van der Waals surface area contributed by atoms with Gasteiger partial charge in [0.05, 0.1) is 10.6 Å². The van der Waals surface area contributed by atoms with E-state index in [1.54, 1.807) is 0 Å². The molecule has 38 heavy (non-hydrogen) atoms. The lowest BCUT2D eigenvalue weighted by Crippen LogP contribution is -2.44. The van der Waals surface area contributed by atoms with Crippen molar-refractivity contribution in [3.05, 3.63) is 106 Å². The summed E-state index contributed by atoms with van der Waals surface area (Å²) in [6.45, 7) is 3.05. The van der Waals surface area contributed by atoms with Crippen molar-refractivity contribution in [2.24, 2.45) is 10.9 Å². The first-order valence-corrected chi connectivity index (χ1v) is 14.9. The first kappa shape index (κ1) is 25.2. The normalized spacial score (nSPS) is 22.2. The maximum absolute atomic E-state index is 14.0. The van der Waals surface area contributed by atoms with Crippen LogP contribution in [0.3, 0.4) is 0 Å². The highest BCUT2D eigenvalue weighted by Gasteiger charge is 2.41. The summed E-state index contributed by atoms with van der Waals surface area (Å²) in [5.41, 5.74) is 4.33. The van der Waals surface area contributed by atoms with E-state index in [1.807, 2.05) is 35.2 Å². The fraction of sp³-hybridized carbons (Fsp3) is 0.250. The minimum atomic E-state index is 0.0770. The van der Waals surface area contributed by atoms with E-state index in [0.29, 0.717) is 5.92 Å². The van der Waals surface area contributed by atoms with Crippen LogP contribution < -0.4 is 0 Å². The molecule has 2 heterocycles. The van der Waals surface area contributed by atoms with E-state index in [0.717, 1.165) is 62.5 Å². The molecule has 3 aromatic carbocycles. The third kappa shape index (κ3) is 5.12. The van der Waals surface area contributed by atoms with E-state index >= 15 is 0 Å². The minimum absolute atomic E-state index is 0.0770. The number of thioether (sulfide) groups is 1. The van der Waals surface area contributed by atoms with Gasteiger partial charge in [-0.05, 0) is 72.5 Å². The summed E-state index contributed by atoms with van der Waals surface area (Å²) in [6, 6.07) is 27.0. The fourth-order valence-electron chi connectivity index (χ4n) is 5.60. The fourth-order valence-corrected chi connectivity index (χ4v) is 6.90. The first-order chi connectivity index (χ1) is 18.6. The standard InChI is InChI=1S/C32H30BrN3OS/c1-22-9-5-7-13-28(22)36-31(37)30(38-32(36)34-26-10-3-2-4-11-26)19-24-21-35(29-14-8-6-12-27(24)29)20-23-15-17-25(33)18-16-23/h2-4,6,8,10-12,14-19,21-22,28H,5,7,9,13,20H2,1H3/b30-19-,34-32?/t22-,28-/m0/s1. The molecule has 4 nitrogen and oxygen atoms in total. The van der Waals surface area contributed by atoms with Gasteiger partial charge in [-0.1, -0.05) is 84.2 Å². The molecule has 0 spiro atoms. The van der Waals surface area contributed by atoms with Crippen molar-refractivity contribution in [3.8, 4) is 0 Å². The maximum atomic E-state index is 14.0. The highest BCUT2D eigenvalue weighted by molar-refractivity contribution is 9.10. The summed E-state index contributed by atoms with van der Waals surface area (Å²) in [7, 11) is 0. The van der Waals surface area contributed by atoms with Crippen molar-refractivity contribution >= 4 is 61.4 Å². The van der Waals surface area contributed by atoms with E-state index in [2.05, 4.69) is 88.2 Å². The number of amidine groups is 1. The average molecular weight is 585 g/mol. The Hall–Kier alpha value is -3.09. The quantitative estimate of drug-likeness (QED) is 0.220. The molecule has 2 aliphatic rings. The van der Waals surface area contributed by atoms with Crippen molar-refractivity contribution in [1.29, 1.82) is 0 Å². The third-order valence-corrected chi connectivity index (χ3v) is 9.10. The predicted molar refractivity (Wildman–Crippen MR) is 163 cm³/mol. The lowest BCUT2D eigenvalue weighted by molar-refractivity contribution is -0.124. The average Bonchev–Trinajstić information content (AvgIpc) is 3.43. The summed E-state index contributed by atoms with van der Waals surface area (Å²) >= 11 is 5.04. The number of aromatic nitrogens is 1. The topological polar surface area (TPSA) is 37.6 Å². The van der Waals surface area contributed by atoms with Crippen LogP contribution in [0.5, 0.6) is 0 Å². The number of aliphatic imine (C=N–C) groups is 1. The molecule has 6 rings (SSSR count). The number of carbonyl (C=O) groups excluding carboxylic acids is 1. The molecule has 2 fully saturated rings. The van der Waals surface area contributed by atoms with E-state index in [9.17, 15) is 4.79 Å². The molecule has 1 saturated carbocycles. The lowest BCUT2D eigenvalue weighted by Gasteiger charge is -2.35. The van der Waals surface area contributed by atoms with Gasteiger partial charge in [-0.15, -0.1) is 0 Å². The monoisotopic (exact) mass is 583 g/mol. The number of nitrogens with zero attached hydrogens (tertiary/aromatic N) is 3. The molecule has 1 aromatic heterocycles. The van der Waals surface area contributed by atoms with Crippen LogP contribution in [0.1, 0.15) is 43.7 Å². The zero-order valence-corrected chi connectivity index (χ0v) is 23.8. The van der Waals surface area contributed by atoms with E-state index < -0.39 is 0 Å². The van der Waals surface area contributed by atoms with Crippen molar-refractivity contribution < 1.29 is 4.79 Å². The first-order valence-electron chi connectivity index (χ1n) is 13.3. The second-order valence-electron chi connectivity index (χ2n) is 10.2. The molecule has 192 valence electrons. The van der Waals surface area contributed by atoms with Crippen LogP contribution in [0, 0.1) is 5.92 Å². The summed E-state index contributed by atoms with van der Waals surface area (Å²) in [6.07, 6.45) is 8.82. The second kappa shape index (κ2) is 11.0. The van der Waals surface area contributed by atoms with Gasteiger partial charge in [0.1, 0.15) is 0 Å². The summed E-state index contributed by atoms with van der Waals surface area (Å²) in [4.78, 5) is 21.7. The van der Waals surface area contributed by atoms with Crippen molar-refractivity contribution in [3.63, 3.8) is 0 Å². The van der Waals surface area contributed by atoms with E-state index in [-0.39, 0.29) is 11.9 Å². The van der Waals surface area contributed by atoms with Gasteiger partial charge in [-0.25, -0.2) is 4.99 Å². The van der Waals surface area contributed by atoms with Gasteiger partial charge in [0.2, 0.25) is 0 Å². The number of amides is 1. The zero-order chi connectivity index (χ0) is 26.1. The summed E-state index contributed by atoms with van der Waals surface area (Å²) in [5.74, 6) is 0.537. The smallest absolute Gasteiger partial charge is 0.267 e. The molecular formula is C32H30BrN3OS.